The van der Waals surface area contributed by atoms with Crippen LogP contribution in [0.25, 0.3) is 0 Å². The molecule has 0 spiro atoms. The van der Waals surface area contributed by atoms with Crippen molar-refractivity contribution in [2.75, 3.05) is 19.7 Å². The highest BCUT2D eigenvalue weighted by molar-refractivity contribution is 5.31. The summed E-state index contributed by atoms with van der Waals surface area (Å²) in [5.74, 6) is 0.624. The molecule has 18 heavy (non-hydrogen) atoms. The molecule has 1 aliphatic heterocycles. The van der Waals surface area contributed by atoms with Gasteiger partial charge >= 0.3 is 0 Å². The van der Waals surface area contributed by atoms with Gasteiger partial charge in [0.25, 0.3) is 0 Å². The van der Waals surface area contributed by atoms with E-state index < -0.39 is 0 Å². The summed E-state index contributed by atoms with van der Waals surface area (Å²) >= 11 is 0. The predicted molar refractivity (Wildman–Crippen MR) is 75.9 cm³/mol. The topological polar surface area (TPSA) is 21.3 Å². The largest absolute Gasteiger partial charge is 0.373 e. The Balaban J connectivity index is 2.03. The third-order valence-corrected chi connectivity index (χ3v) is 3.91. The van der Waals surface area contributed by atoms with Gasteiger partial charge in [0.2, 0.25) is 0 Å². The van der Waals surface area contributed by atoms with Gasteiger partial charge in [-0.05, 0) is 49.9 Å². The molecule has 2 atom stereocenters. The van der Waals surface area contributed by atoms with Crippen molar-refractivity contribution in [1.29, 1.82) is 0 Å². The van der Waals surface area contributed by atoms with Crippen LogP contribution >= 0.6 is 0 Å². The fourth-order valence-electron chi connectivity index (χ4n) is 2.62. The minimum Gasteiger partial charge on any atom is -0.373 e. The van der Waals surface area contributed by atoms with Crippen LogP contribution in [0.1, 0.15) is 42.6 Å². The van der Waals surface area contributed by atoms with E-state index >= 15 is 0 Å². The van der Waals surface area contributed by atoms with Crippen LogP contribution in [-0.2, 0) is 4.74 Å². The van der Waals surface area contributed by atoms with Crippen molar-refractivity contribution in [1.82, 2.24) is 5.32 Å². The van der Waals surface area contributed by atoms with Crippen molar-refractivity contribution in [3.05, 3.63) is 34.9 Å². The molecule has 0 saturated carbocycles. The molecule has 0 bridgehead atoms. The summed E-state index contributed by atoms with van der Waals surface area (Å²) in [4.78, 5) is 0. The lowest BCUT2D eigenvalue weighted by atomic mass is 9.93. The van der Waals surface area contributed by atoms with E-state index in [-0.39, 0.29) is 6.10 Å². The van der Waals surface area contributed by atoms with Crippen LogP contribution in [0, 0.1) is 19.8 Å². The molecule has 1 N–H and O–H groups in total. The lowest BCUT2D eigenvalue weighted by Gasteiger charge is -2.20. The van der Waals surface area contributed by atoms with Gasteiger partial charge in [-0.1, -0.05) is 25.1 Å². The first-order valence-corrected chi connectivity index (χ1v) is 7.12. The molecule has 1 aromatic rings. The molecule has 0 amide bonds. The van der Waals surface area contributed by atoms with Crippen molar-refractivity contribution < 1.29 is 4.74 Å². The van der Waals surface area contributed by atoms with Crippen molar-refractivity contribution in [3.8, 4) is 0 Å². The second-order valence-corrected chi connectivity index (χ2v) is 5.39. The van der Waals surface area contributed by atoms with Gasteiger partial charge < -0.3 is 10.1 Å². The number of hydrogen-bond acceptors (Lipinski definition) is 2. The summed E-state index contributed by atoms with van der Waals surface area (Å²) in [7, 11) is 0. The van der Waals surface area contributed by atoms with E-state index in [0.717, 1.165) is 19.7 Å². The van der Waals surface area contributed by atoms with E-state index in [1.165, 1.54) is 29.5 Å². The van der Waals surface area contributed by atoms with Crippen LogP contribution < -0.4 is 5.32 Å². The zero-order valence-electron chi connectivity index (χ0n) is 11.8. The first-order chi connectivity index (χ1) is 8.72. The number of rotatable bonds is 5. The minimum atomic E-state index is 0.286. The van der Waals surface area contributed by atoms with Gasteiger partial charge in [-0.2, -0.15) is 0 Å². The molecular formula is C16H25NO. The Bertz CT molecular complexity index is 389. The third-order valence-electron chi connectivity index (χ3n) is 3.91. The van der Waals surface area contributed by atoms with Gasteiger partial charge in [0.05, 0.1) is 6.10 Å². The molecule has 0 aromatic heterocycles. The minimum absolute atomic E-state index is 0.286. The highest BCUT2D eigenvalue weighted by atomic mass is 16.5. The van der Waals surface area contributed by atoms with Gasteiger partial charge in [-0.3, -0.25) is 0 Å². The maximum absolute atomic E-state index is 5.94. The van der Waals surface area contributed by atoms with Gasteiger partial charge in [0.1, 0.15) is 0 Å². The molecule has 100 valence electrons. The van der Waals surface area contributed by atoms with Gasteiger partial charge in [0, 0.05) is 19.1 Å². The normalized spacial score (nSPS) is 23.5. The Morgan fingerprint density at radius 3 is 2.83 bits per heavy atom. The predicted octanol–water partition coefficient (Wildman–Crippen LogP) is 3.38. The molecule has 1 fully saturated rings. The summed E-state index contributed by atoms with van der Waals surface area (Å²) in [5.41, 5.74) is 4.07. The Kier molecular flexibility index (Phi) is 4.79. The maximum Gasteiger partial charge on any atom is 0.0866 e. The van der Waals surface area contributed by atoms with E-state index in [9.17, 15) is 0 Å². The van der Waals surface area contributed by atoms with E-state index in [2.05, 4.69) is 44.3 Å². The van der Waals surface area contributed by atoms with E-state index in [1.807, 2.05) is 0 Å². The summed E-state index contributed by atoms with van der Waals surface area (Å²) in [6, 6.07) is 6.73. The molecule has 1 heterocycles. The second kappa shape index (κ2) is 6.35. The Labute approximate surface area is 111 Å². The average Bonchev–Trinajstić information content (AvgIpc) is 2.81. The number of nitrogens with one attached hydrogen (secondary N) is 1. The van der Waals surface area contributed by atoms with Crippen molar-refractivity contribution in [3.63, 3.8) is 0 Å². The van der Waals surface area contributed by atoms with E-state index in [4.69, 9.17) is 4.74 Å². The molecule has 2 rings (SSSR count). The Morgan fingerprint density at radius 2 is 2.11 bits per heavy atom. The lowest BCUT2D eigenvalue weighted by molar-refractivity contribution is 0.0905. The fraction of sp³-hybridized carbons (Fsp3) is 0.625. The van der Waals surface area contributed by atoms with Gasteiger partial charge in [-0.25, -0.2) is 0 Å². The average molecular weight is 247 g/mol. The highest BCUT2D eigenvalue weighted by Crippen LogP contribution is 2.34. The summed E-state index contributed by atoms with van der Waals surface area (Å²) in [6.07, 6.45) is 2.66. The first kappa shape index (κ1) is 13.6. The van der Waals surface area contributed by atoms with Crippen molar-refractivity contribution in [2.45, 2.75) is 39.7 Å². The van der Waals surface area contributed by atoms with Gasteiger partial charge in [-0.15, -0.1) is 0 Å². The Hall–Kier alpha value is -0.860. The number of ether oxygens (including phenoxy) is 1. The second-order valence-electron chi connectivity index (χ2n) is 5.39. The summed E-state index contributed by atoms with van der Waals surface area (Å²) in [6.45, 7) is 9.63. The number of aryl methyl sites for hydroxylation is 2. The SMILES string of the molecule is CCCNCC1CCOC1c1ccc(C)c(C)c1. The van der Waals surface area contributed by atoms with E-state index in [1.54, 1.807) is 0 Å². The molecular weight excluding hydrogens is 222 g/mol. The third kappa shape index (κ3) is 3.12. The van der Waals surface area contributed by atoms with Crippen LogP contribution in [0.2, 0.25) is 0 Å². The van der Waals surface area contributed by atoms with Crippen LogP contribution in [0.15, 0.2) is 18.2 Å². The Morgan fingerprint density at radius 1 is 1.28 bits per heavy atom. The zero-order chi connectivity index (χ0) is 13.0. The molecule has 1 aliphatic rings. The van der Waals surface area contributed by atoms with Crippen LogP contribution in [0.4, 0.5) is 0 Å². The van der Waals surface area contributed by atoms with Gasteiger partial charge in [0.15, 0.2) is 0 Å². The lowest BCUT2D eigenvalue weighted by Crippen LogP contribution is -2.25. The zero-order valence-corrected chi connectivity index (χ0v) is 11.8. The smallest absolute Gasteiger partial charge is 0.0866 e. The summed E-state index contributed by atoms with van der Waals surface area (Å²) in [5, 5.41) is 3.52. The molecule has 0 aliphatic carbocycles. The molecule has 1 saturated heterocycles. The monoisotopic (exact) mass is 247 g/mol. The van der Waals surface area contributed by atoms with Crippen molar-refractivity contribution >= 4 is 0 Å². The quantitative estimate of drug-likeness (QED) is 0.805. The van der Waals surface area contributed by atoms with Crippen LogP contribution in [-0.4, -0.2) is 19.7 Å². The molecule has 2 nitrogen and oxygen atoms in total. The van der Waals surface area contributed by atoms with E-state index in [0.29, 0.717) is 5.92 Å². The van der Waals surface area contributed by atoms with Crippen molar-refractivity contribution in [2.24, 2.45) is 5.92 Å². The summed E-state index contributed by atoms with van der Waals surface area (Å²) < 4.78 is 5.94. The van der Waals surface area contributed by atoms with Crippen LogP contribution in [0.3, 0.4) is 0 Å². The standard InChI is InChI=1S/C16H25NO/c1-4-8-17-11-15-7-9-18-16(15)14-6-5-12(2)13(3)10-14/h5-6,10,15-17H,4,7-9,11H2,1-3H3. The number of hydrogen-bond donors (Lipinski definition) is 1. The molecule has 2 heteroatoms. The van der Waals surface area contributed by atoms with Crippen LogP contribution in [0.5, 0.6) is 0 Å². The molecule has 0 radical (unpaired) electrons. The molecule has 2 unspecified atom stereocenters. The highest BCUT2D eigenvalue weighted by Gasteiger charge is 2.29. The molecule has 1 aromatic carbocycles. The number of benzene rings is 1. The fourth-order valence-corrected chi connectivity index (χ4v) is 2.62. The first-order valence-electron chi connectivity index (χ1n) is 7.12. The maximum atomic E-state index is 5.94.